The number of hydrogen-bond acceptors (Lipinski definition) is 14. The number of fused-ring (bicyclic) bond motifs is 5. The normalized spacial score (nSPS) is 31.9. The van der Waals surface area contributed by atoms with Crippen molar-refractivity contribution in [3.63, 3.8) is 0 Å². The lowest BCUT2D eigenvalue weighted by atomic mass is 9.44. The predicted octanol–water partition coefficient (Wildman–Crippen LogP) is 3.74. The Labute approximate surface area is 358 Å². The second-order valence-corrected chi connectivity index (χ2v) is 17.4. The quantitative estimate of drug-likeness (QED) is 0.130. The first-order chi connectivity index (χ1) is 29.3. The largest absolute Gasteiger partial charge is 0.456 e. The van der Waals surface area contributed by atoms with E-state index in [2.05, 4.69) is 5.32 Å². The summed E-state index contributed by atoms with van der Waals surface area (Å²) in [5.41, 5.74) is -7.02. The smallest absolute Gasteiger partial charge is 0.338 e. The van der Waals surface area contributed by atoms with E-state index in [1.807, 2.05) is 0 Å². The number of hydrogen-bond donors (Lipinski definition) is 4. The van der Waals surface area contributed by atoms with E-state index in [0.717, 1.165) is 13.8 Å². The Bertz CT molecular complexity index is 2280. The van der Waals surface area contributed by atoms with Crippen LogP contribution in [0.15, 0.2) is 102 Å². The lowest BCUT2D eigenvalue weighted by Gasteiger charge is -2.67. The van der Waals surface area contributed by atoms with Crippen LogP contribution >= 0.6 is 0 Å². The van der Waals surface area contributed by atoms with E-state index >= 15 is 4.79 Å². The number of ketones is 1. The fourth-order valence-corrected chi connectivity index (χ4v) is 10.2. The number of ether oxygens (including phenoxy) is 5. The number of nitrogens with one attached hydrogen (secondary N) is 1. The maximum Gasteiger partial charge on any atom is 0.338 e. The third-order valence-corrected chi connectivity index (χ3v) is 13.5. The standard InChI is InChI=1S/C47H51NO14/c1-25-31(60-43(56)36(52)35(28-16-10-7-11-17-28)48-41(54)29-18-12-8-13-19-29)23-47(57)40(61-42(55)30-20-14-9-15-21-30)38-45(6,32(51)22-33-46(38,24-58-33)62-27(3)50)39(53)37(59-26(2)49)34(25)44(47,4)5/h7-21,31-33,35-38,40,51-52,57H,22-24H2,1-6H3,(H,48,54)/t31-,32-,33+,35-,36+,37+,38-,40-,45+,46-,47+/m0/s1/i36+2,43+2. The highest BCUT2D eigenvalue weighted by molar-refractivity contribution is 5.96. The van der Waals surface area contributed by atoms with E-state index in [1.165, 1.54) is 26.0 Å². The predicted molar refractivity (Wildman–Crippen MR) is 218 cm³/mol. The highest BCUT2D eigenvalue weighted by Gasteiger charge is 2.78. The van der Waals surface area contributed by atoms with Crippen LogP contribution in [0.3, 0.4) is 0 Å². The highest BCUT2D eigenvalue weighted by atomic mass is 16.9. The summed E-state index contributed by atoms with van der Waals surface area (Å²) in [5.74, 6) is -6.84. The summed E-state index contributed by atoms with van der Waals surface area (Å²) in [6, 6.07) is 22.9. The molecule has 3 aliphatic carbocycles. The van der Waals surface area contributed by atoms with Crippen molar-refractivity contribution in [2.24, 2.45) is 16.7 Å². The molecule has 0 radical (unpaired) electrons. The molecule has 1 saturated heterocycles. The first-order valence-corrected chi connectivity index (χ1v) is 20.5. The van der Waals surface area contributed by atoms with Crippen molar-refractivity contribution in [3.8, 4) is 0 Å². The van der Waals surface area contributed by atoms with Gasteiger partial charge in [-0.2, -0.15) is 0 Å². The zero-order chi connectivity index (χ0) is 44.9. The first kappa shape index (κ1) is 44.3. The summed E-state index contributed by atoms with van der Waals surface area (Å²) in [4.78, 5) is 83.5. The summed E-state index contributed by atoms with van der Waals surface area (Å²) in [5, 5.41) is 40.2. The number of carbonyl (C=O) groups is 6. The number of aliphatic hydroxyl groups is 3. The van der Waals surface area contributed by atoms with Gasteiger partial charge in [0.1, 0.15) is 23.9 Å². The second kappa shape index (κ2) is 16.5. The summed E-state index contributed by atoms with van der Waals surface area (Å²) >= 11 is 0. The molecule has 0 unspecified atom stereocenters. The molecule has 3 aromatic carbocycles. The SMILES string of the molecule is CC(=O)O[C@H]1C(=O)[C@@]2(C)[C@H]([C@H](OC(=O)c3ccccc3)[C@]3(O)C[C@H](O[14C](=O)[14C@H](O)[C@@H](NC(=O)c4ccccc4)c4ccccc4)C(C)=C1C3(C)C)[C@]1(OC(C)=O)CO[C@@H]1C[C@@H]2O. The number of amides is 1. The van der Waals surface area contributed by atoms with Gasteiger partial charge >= 0.3 is 23.9 Å². The Morgan fingerprint density at radius 1 is 0.887 bits per heavy atom. The molecule has 0 aromatic heterocycles. The molecule has 0 spiro atoms. The van der Waals surface area contributed by atoms with Crippen molar-refractivity contribution in [2.45, 2.75) is 108 Å². The number of aliphatic hydroxyl groups excluding tert-OH is 2. The van der Waals surface area contributed by atoms with Crippen LogP contribution in [-0.4, -0.2) is 105 Å². The molecule has 328 valence electrons. The van der Waals surface area contributed by atoms with Gasteiger partial charge in [-0.25, -0.2) is 9.59 Å². The van der Waals surface area contributed by atoms with Crippen molar-refractivity contribution in [1.82, 2.24) is 5.32 Å². The lowest BCUT2D eigenvalue weighted by Crippen LogP contribution is -2.82. The topological polar surface area (TPSA) is 221 Å². The molecule has 2 bridgehead atoms. The molecular formula is C47H51NO14. The van der Waals surface area contributed by atoms with Gasteiger partial charge in [0.05, 0.1) is 35.6 Å². The molecular weight excluding hydrogens is 806 g/mol. The number of carbonyl (C=O) groups excluding carboxylic acids is 6. The Hall–Kier alpha value is -5.74. The van der Waals surface area contributed by atoms with Crippen LogP contribution in [0.5, 0.6) is 0 Å². The van der Waals surface area contributed by atoms with Gasteiger partial charge < -0.3 is 44.3 Å². The van der Waals surface area contributed by atoms with Crippen molar-refractivity contribution in [1.29, 1.82) is 0 Å². The fraction of sp³-hybridized carbons (Fsp3) is 0.447. The summed E-state index contributed by atoms with van der Waals surface area (Å²) < 4.78 is 30.3. The minimum atomic E-state index is -2.39. The molecule has 15 heteroatoms. The Balaban J connectivity index is 1.39. The van der Waals surface area contributed by atoms with Gasteiger partial charge in [0.25, 0.3) is 5.91 Å². The van der Waals surface area contributed by atoms with E-state index in [0.29, 0.717) is 5.56 Å². The molecule has 3 aromatic rings. The van der Waals surface area contributed by atoms with Crippen molar-refractivity contribution in [2.75, 3.05) is 6.61 Å². The first-order valence-electron chi connectivity index (χ1n) is 20.5. The van der Waals surface area contributed by atoms with Gasteiger partial charge in [-0.1, -0.05) is 80.6 Å². The summed E-state index contributed by atoms with van der Waals surface area (Å²) in [6.45, 7) is 7.97. The maximum absolute atomic E-state index is 15.5. The van der Waals surface area contributed by atoms with Crippen LogP contribution in [0.2, 0.25) is 0 Å². The van der Waals surface area contributed by atoms with Crippen LogP contribution in [0, 0.1) is 16.7 Å². The average Bonchev–Trinajstić information content (AvgIpc) is 3.24. The van der Waals surface area contributed by atoms with E-state index in [-0.39, 0.29) is 35.3 Å². The van der Waals surface area contributed by atoms with E-state index in [4.69, 9.17) is 23.7 Å². The zero-order valence-electron chi connectivity index (χ0n) is 35.2. The number of rotatable bonds is 10. The van der Waals surface area contributed by atoms with Crippen LogP contribution in [0.25, 0.3) is 0 Å². The van der Waals surface area contributed by atoms with Crippen LogP contribution in [0.4, 0.5) is 0 Å². The Morgan fingerprint density at radius 3 is 2.02 bits per heavy atom. The monoisotopic (exact) mass is 857 g/mol. The number of benzene rings is 3. The van der Waals surface area contributed by atoms with Gasteiger partial charge in [0.15, 0.2) is 23.6 Å². The number of esters is 4. The highest BCUT2D eigenvalue weighted by Crippen LogP contribution is 2.64. The van der Waals surface area contributed by atoms with E-state index < -0.39 is 113 Å². The van der Waals surface area contributed by atoms with Gasteiger partial charge in [-0.3, -0.25) is 19.2 Å². The number of Topliss-reactive ketones (excluding diaryl/α,β-unsaturated/α-hetero) is 1. The maximum atomic E-state index is 15.5. The Morgan fingerprint density at radius 2 is 1.47 bits per heavy atom. The molecule has 2 saturated carbocycles. The minimum Gasteiger partial charge on any atom is -0.456 e. The van der Waals surface area contributed by atoms with Crippen LogP contribution < -0.4 is 5.32 Å². The minimum absolute atomic E-state index is 0.00289. The zero-order valence-corrected chi connectivity index (χ0v) is 35.2. The molecule has 62 heavy (non-hydrogen) atoms. The molecule has 1 heterocycles. The molecule has 4 aliphatic rings. The van der Waals surface area contributed by atoms with Gasteiger partial charge in [-0.05, 0) is 54.8 Å². The van der Waals surface area contributed by atoms with Gasteiger partial charge in [0, 0.05) is 37.7 Å². The molecule has 1 aliphatic heterocycles. The summed E-state index contributed by atoms with van der Waals surface area (Å²) in [7, 11) is 0. The van der Waals surface area contributed by atoms with Crippen molar-refractivity contribution in [3.05, 3.63) is 119 Å². The average molecular weight is 858 g/mol. The molecule has 1 amide bonds. The van der Waals surface area contributed by atoms with Gasteiger partial charge in [0.2, 0.25) is 0 Å². The second-order valence-electron chi connectivity index (χ2n) is 17.4. The van der Waals surface area contributed by atoms with Crippen LogP contribution in [0.1, 0.15) is 86.7 Å². The molecule has 15 nitrogen and oxygen atoms in total. The lowest BCUT2D eigenvalue weighted by molar-refractivity contribution is -0.346. The third-order valence-electron chi connectivity index (χ3n) is 13.5. The van der Waals surface area contributed by atoms with Crippen molar-refractivity contribution >= 4 is 35.6 Å². The Kier molecular flexibility index (Phi) is 11.8. The van der Waals surface area contributed by atoms with Crippen molar-refractivity contribution < 1.29 is 67.8 Å². The third kappa shape index (κ3) is 7.29. The van der Waals surface area contributed by atoms with E-state index in [9.17, 15) is 39.3 Å². The molecule has 3 fully saturated rings. The van der Waals surface area contributed by atoms with Gasteiger partial charge in [-0.15, -0.1) is 0 Å². The fourth-order valence-electron chi connectivity index (χ4n) is 10.2. The molecule has 7 rings (SSSR count). The molecule has 4 N–H and O–H groups in total. The van der Waals surface area contributed by atoms with E-state index in [1.54, 1.807) is 92.7 Å². The van der Waals surface area contributed by atoms with Crippen LogP contribution in [-0.2, 0) is 42.9 Å². The molecule has 11 atom stereocenters. The summed E-state index contributed by atoms with van der Waals surface area (Å²) in [6.07, 6.45) is -10.5.